The summed E-state index contributed by atoms with van der Waals surface area (Å²) in [5.41, 5.74) is 6.02. The van der Waals surface area contributed by atoms with Gasteiger partial charge in [-0.2, -0.15) is 0 Å². The molecule has 370 valence electrons. The van der Waals surface area contributed by atoms with Gasteiger partial charge in [-0.15, -0.1) is 0 Å². The van der Waals surface area contributed by atoms with Gasteiger partial charge in [0, 0.05) is 31.1 Å². The molecule has 0 aliphatic carbocycles. The minimum Gasteiger partial charge on any atom is -0.481 e. The van der Waals surface area contributed by atoms with E-state index < -0.39 is 141 Å². The Kier molecular flexibility index (Phi) is 23.8. The molecule has 0 radical (unpaired) electrons. The predicted octanol–water partition coefficient (Wildman–Crippen LogP) is 0.936. The van der Waals surface area contributed by atoms with E-state index in [1.807, 2.05) is 49.5 Å². The third-order valence-electron chi connectivity index (χ3n) is 12.2. The first kappa shape index (κ1) is 56.1. The van der Waals surface area contributed by atoms with Crippen LogP contribution in [-0.4, -0.2) is 166 Å². The zero-order chi connectivity index (χ0) is 48.4. The standard InChI is InChI=1S/C47H75NO17/c1-27-17-15-13-11-9-7-5-6-8-10-12-14-16-18-34(64-46-44(58)41(48)43(57)30(4)63-46)24-38-40(45(59)60)37(54)26-47(61,65-38)25-36(53)35(52)20-19-31(49)21-32(50)22-33(51)23-39(55)62-29(3)28(2)42(27)56/h5-6,8,10-18,27-38,40-44,46,49-54,56-58,61H,7,9,19-26,48H2,1-4H3,(H,59,60)/b6-5+,10-8-,13-11+,14-12+,17-15+,18-16+/t27-,28?,29-,30+,31?,32?,33?,34?,35?,36?,37?,38?,40?,41-,42+,43+,44-,46?,47-/m0/s1. The van der Waals surface area contributed by atoms with Crippen molar-refractivity contribution >= 4 is 11.9 Å². The second kappa shape index (κ2) is 27.6. The molecule has 65 heavy (non-hydrogen) atoms. The summed E-state index contributed by atoms with van der Waals surface area (Å²) in [6.45, 7) is 6.78. The minimum absolute atomic E-state index is 0.138. The Labute approximate surface area is 381 Å². The van der Waals surface area contributed by atoms with E-state index in [0.717, 1.165) is 12.8 Å². The molecule has 3 aliphatic rings. The zero-order valence-corrected chi connectivity index (χ0v) is 37.8. The summed E-state index contributed by atoms with van der Waals surface area (Å²) >= 11 is 0. The lowest BCUT2D eigenvalue weighted by Crippen LogP contribution is -2.61. The van der Waals surface area contributed by atoms with Crippen LogP contribution >= 0.6 is 0 Å². The van der Waals surface area contributed by atoms with Gasteiger partial charge < -0.3 is 80.9 Å². The highest BCUT2D eigenvalue weighted by Gasteiger charge is 2.51. The SMILES string of the molecule is CC1[C@H](C)OC(=O)CC(O)CC(O)CC(O)CCC(O)C(O)C[C@@]2(O)CC(O)C(C(=O)O)C(CC(OC3O[C@H](C)[C@@H](O)[C@H](N)[C@@H]3O)/C=C/C=C/C=C\C=C\CC/C=C/C=C/[C@H](C)[C@H]1O)O2. The van der Waals surface area contributed by atoms with Crippen molar-refractivity contribution in [3.8, 4) is 0 Å². The van der Waals surface area contributed by atoms with Crippen LogP contribution in [0, 0.1) is 17.8 Å². The van der Waals surface area contributed by atoms with Crippen LogP contribution in [-0.2, 0) is 28.5 Å². The van der Waals surface area contributed by atoms with E-state index in [2.05, 4.69) is 0 Å². The molecule has 0 aromatic rings. The number of hydrogen-bond donors (Lipinski definition) is 12. The molecule has 0 aromatic heterocycles. The summed E-state index contributed by atoms with van der Waals surface area (Å²) in [5.74, 6) is -6.82. The molecule has 13 N–H and O–H groups in total. The van der Waals surface area contributed by atoms with Gasteiger partial charge in [0.1, 0.15) is 18.1 Å². The Balaban J connectivity index is 1.84. The van der Waals surface area contributed by atoms with E-state index in [1.165, 1.54) is 13.0 Å². The number of esters is 1. The maximum absolute atomic E-state index is 12.6. The third kappa shape index (κ3) is 18.8. The van der Waals surface area contributed by atoms with E-state index in [0.29, 0.717) is 0 Å². The van der Waals surface area contributed by atoms with Crippen molar-refractivity contribution in [2.45, 2.75) is 189 Å². The molecule has 0 aromatic carbocycles. The van der Waals surface area contributed by atoms with Crippen molar-refractivity contribution < 1.29 is 84.7 Å². The molecule has 2 fully saturated rings. The quantitative estimate of drug-likeness (QED) is 0.175. The van der Waals surface area contributed by atoms with E-state index in [-0.39, 0.29) is 38.0 Å². The molecule has 11 unspecified atom stereocenters. The van der Waals surface area contributed by atoms with Gasteiger partial charge in [0.05, 0.1) is 79.6 Å². The Morgan fingerprint density at radius 1 is 0.692 bits per heavy atom. The van der Waals surface area contributed by atoms with Gasteiger partial charge >= 0.3 is 11.9 Å². The number of carbonyl (C=O) groups is 2. The van der Waals surface area contributed by atoms with Crippen LogP contribution in [0.15, 0.2) is 72.9 Å². The van der Waals surface area contributed by atoms with Crippen molar-refractivity contribution in [2.24, 2.45) is 23.5 Å². The van der Waals surface area contributed by atoms with Crippen LogP contribution in [0.5, 0.6) is 0 Å². The predicted molar refractivity (Wildman–Crippen MR) is 237 cm³/mol. The number of fused-ring (bicyclic) bond motifs is 2. The average molecular weight is 926 g/mol. The summed E-state index contributed by atoms with van der Waals surface area (Å²) in [6.07, 6.45) is 2.28. The van der Waals surface area contributed by atoms with Crippen LogP contribution in [0.1, 0.15) is 91.9 Å². The summed E-state index contributed by atoms with van der Waals surface area (Å²) in [5, 5.41) is 118. The monoisotopic (exact) mass is 926 g/mol. The molecular weight excluding hydrogens is 851 g/mol. The first-order valence-electron chi connectivity index (χ1n) is 22.6. The maximum atomic E-state index is 12.6. The molecule has 18 heteroatoms. The fourth-order valence-electron chi connectivity index (χ4n) is 8.11. The number of ether oxygens (including phenoxy) is 4. The van der Waals surface area contributed by atoms with Crippen LogP contribution < -0.4 is 5.73 Å². The van der Waals surface area contributed by atoms with Gasteiger partial charge in [0.15, 0.2) is 12.1 Å². The van der Waals surface area contributed by atoms with Crippen LogP contribution in [0.4, 0.5) is 0 Å². The van der Waals surface area contributed by atoms with Crippen molar-refractivity contribution in [1.82, 2.24) is 0 Å². The number of aliphatic carboxylic acids is 1. The van der Waals surface area contributed by atoms with Gasteiger partial charge in [-0.05, 0) is 52.4 Å². The van der Waals surface area contributed by atoms with Gasteiger partial charge in [-0.3, -0.25) is 9.59 Å². The molecule has 0 saturated carbocycles. The van der Waals surface area contributed by atoms with Crippen LogP contribution in [0.3, 0.4) is 0 Å². The molecule has 18 nitrogen and oxygen atoms in total. The molecule has 2 bridgehead atoms. The van der Waals surface area contributed by atoms with Gasteiger partial charge in [-0.1, -0.05) is 86.8 Å². The summed E-state index contributed by atoms with van der Waals surface area (Å²) in [4.78, 5) is 25.1. The number of rotatable bonds is 3. The second-order valence-electron chi connectivity index (χ2n) is 17.8. The lowest BCUT2D eigenvalue weighted by Gasteiger charge is -2.45. The molecular formula is C47H75NO17. The minimum atomic E-state index is -2.35. The number of cyclic esters (lactones) is 1. The Bertz CT molecular complexity index is 1620. The Hall–Kier alpha value is -3.18. The highest BCUT2D eigenvalue weighted by molar-refractivity contribution is 5.71. The third-order valence-corrected chi connectivity index (χ3v) is 12.2. The molecule has 3 heterocycles. The van der Waals surface area contributed by atoms with Crippen molar-refractivity contribution in [2.75, 3.05) is 0 Å². The number of carboxylic acid groups (broad SMARTS) is 1. The Morgan fingerprint density at radius 3 is 1.94 bits per heavy atom. The van der Waals surface area contributed by atoms with Crippen LogP contribution in [0.2, 0.25) is 0 Å². The first-order valence-corrected chi connectivity index (χ1v) is 22.6. The highest BCUT2D eigenvalue weighted by atomic mass is 16.7. The molecule has 3 aliphatic heterocycles. The number of aliphatic hydroxyl groups is 10. The summed E-state index contributed by atoms with van der Waals surface area (Å²) < 4.78 is 23.2. The second-order valence-corrected chi connectivity index (χ2v) is 17.8. The normalized spacial score (nSPS) is 45.2. The summed E-state index contributed by atoms with van der Waals surface area (Å²) in [6, 6.07) is -1.14. The Morgan fingerprint density at radius 2 is 1.28 bits per heavy atom. The van der Waals surface area contributed by atoms with Crippen molar-refractivity contribution in [3.05, 3.63) is 72.9 Å². The van der Waals surface area contributed by atoms with Crippen LogP contribution in [0.25, 0.3) is 0 Å². The fourth-order valence-corrected chi connectivity index (χ4v) is 8.11. The lowest BCUT2D eigenvalue weighted by atomic mass is 9.82. The number of carboxylic acids is 1. The smallest absolute Gasteiger partial charge is 0.311 e. The molecule has 19 atom stereocenters. The number of hydrogen-bond acceptors (Lipinski definition) is 17. The van der Waals surface area contributed by atoms with E-state index in [4.69, 9.17) is 24.7 Å². The van der Waals surface area contributed by atoms with Crippen molar-refractivity contribution in [3.63, 3.8) is 0 Å². The van der Waals surface area contributed by atoms with Crippen molar-refractivity contribution in [1.29, 1.82) is 0 Å². The van der Waals surface area contributed by atoms with E-state index >= 15 is 0 Å². The molecule has 0 amide bonds. The van der Waals surface area contributed by atoms with Gasteiger partial charge in [0.25, 0.3) is 0 Å². The topological polar surface area (TPSA) is 320 Å². The molecule has 0 spiro atoms. The highest BCUT2D eigenvalue weighted by Crippen LogP contribution is 2.38. The number of carbonyl (C=O) groups excluding carboxylic acids is 1. The van der Waals surface area contributed by atoms with E-state index in [9.17, 15) is 65.8 Å². The van der Waals surface area contributed by atoms with Gasteiger partial charge in [0.2, 0.25) is 0 Å². The zero-order valence-electron chi connectivity index (χ0n) is 37.8. The maximum Gasteiger partial charge on any atom is 0.311 e. The summed E-state index contributed by atoms with van der Waals surface area (Å²) in [7, 11) is 0. The fraction of sp³-hybridized carbons (Fsp3) is 0.702. The first-order chi connectivity index (χ1) is 30.6. The number of aliphatic hydroxyl groups excluding tert-OH is 9. The lowest BCUT2D eigenvalue weighted by molar-refractivity contribution is -0.310. The van der Waals surface area contributed by atoms with Gasteiger partial charge in [-0.25, -0.2) is 0 Å². The average Bonchev–Trinajstić information content (AvgIpc) is 3.21. The number of nitrogens with two attached hydrogens (primary N) is 1. The number of allylic oxidation sites excluding steroid dienone is 10. The largest absolute Gasteiger partial charge is 0.481 e. The molecule has 2 saturated heterocycles. The molecule has 3 rings (SSSR count). The van der Waals surface area contributed by atoms with E-state index in [1.54, 1.807) is 38.2 Å².